The highest BCUT2D eigenvalue weighted by Crippen LogP contribution is 2.26. The summed E-state index contributed by atoms with van der Waals surface area (Å²) >= 11 is 0. The first kappa shape index (κ1) is 12.8. The van der Waals surface area contributed by atoms with Crippen molar-refractivity contribution in [1.29, 1.82) is 0 Å². The predicted octanol–water partition coefficient (Wildman–Crippen LogP) is 2.50. The Kier molecular flexibility index (Phi) is 3.33. The summed E-state index contributed by atoms with van der Waals surface area (Å²) in [5.41, 5.74) is 5.03. The van der Waals surface area contributed by atoms with Crippen LogP contribution in [-0.4, -0.2) is 11.0 Å². The smallest absolute Gasteiger partial charge is 0.259 e. The first-order valence-corrected chi connectivity index (χ1v) is 5.33. The lowest BCUT2D eigenvalue weighted by Crippen LogP contribution is -2.14. The number of amides is 1. The van der Waals surface area contributed by atoms with Crippen LogP contribution < -0.4 is 11.1 Å². The molecule has 0 bridgehead atoms. The molecule has 6 heteroatoms. The Labute approximate surface area is 107 Å². The van der Waals surface area contributed by atoms with Gasteiger partial charge in [-0.2, -0.15) is 0 Å². The number of nitrogens with one attached hydrogen (secondary N) is 1. The molecule has 0 aliphatic carbocycles. The summed E-state index contributed by atoms with van der Waals surface area (Å²) in [4.78, 5) is 11.8. The Bertz CT molecular complexity index is 645. The van der Waals surface area contributed by atoms with Crippen molar-refractivity contribution in [2.24, 2.45) is 0 Å². The second kappa shape index (κ2) is 4.93. The molecule has 0 saturated carbocycles. The first-order chi connectivity index (χ1) is 9.00. The Morgan fingerprint density at radius 2 is 1.84 bits per heavy atom. The molecule has 2 rings (SSSR count). The van der Waals surface area contributed by atoms with Gasteiger partial charge in [-0.05, 0) is 24.3 Å². The fraction of sp³-hybridized carbons (Fsp3) is 0. The van der Waals surface area contributed by atoms with Gasteiger partial charge in [-0.25, -0.2) is 8.78 Å². The highest BCUT2D eigenvalue weighted by molar-refractivity contribution is 6.07. The van der Waals surface area contributed by atoms with Crippen molar-refractivity contribution in [1.82, 2.24) is 0 Å². The van der Waals surface area contributed by atoms with Gasteiger partial charge in [0, 0.05) is 0 Å². The van der Waals surface area contributed by atoms with E-state index in [-0.39, 0.29) is 16.9 Å². The van der Waals surface area contributed by atoms with E-state index < -0.39 is 23.3 Å². The van der Waals surface area contributed by atoms with Gasteiger partial charge in [-0.1, -0.05) is 12.1 Å². The van der Waals surface area contributed by atoms with Crippen LogP contribution in [0.4, 0.5) is 20.2 Å². The summed E-state index contributed by atoms with van der Waals surface area (Å²) in [5.74, 6) is -3.43. The molecule has 2 aromatic rings. The van der Waals surface area contributed by atoms with E-state index >= 15 is 0 Å². The third-order valence-corrected chi connectivity index (χ3v) is 2.51. The molecular weight excluding hydrogens is 254 g/mol. The molecule has 0 aliphatic heterocycles. The number of hydrogen-bond acceptors (Lipinski definition) is 3. The topological polar surface area (TPSA) is 75.4 Å². The van der Waals surface area contributed by atoms with Crippen LogP contribution in [0.25, 0.3) is 0 Å². The van der Waals surface area contributed by atoms with Crippen molar-refractivity contribution in [3.8, 4) is 5.75 Å². The maximum Gasteiger partial charge on any atom is 0.259 e. The van der Waals surface area contributed by atoms with Crippen molar-refractivity contribution in [2.45, 2.75) is 0 Å². The summed E-state index contributed by atoms with van der Waals surface area (Å²) in [6, 6.07) is 7.59. The number of aromatic hydroxyl groups is 1. The molecule has 0 unspecified atom stereocenters. The minimum Gasteiger partial charge on any atom is -0.505 e. The molecular formula is C13H10F2N2O2. The Hall–Kier alpha value is -2.63. The molecule has 0 atom stereocenters. The van der Waals surface area contributed by atoms with Crippen molar-refractivity contribution in [3.63, 3.8) is 0 Å². The number of hydrogen-bond donors (Lipinski definition) is 3. The van der Waals surface area contributed by atoms with Gasteiger partial charge in [-0.15, -0.1) is 0 Å². The fourth-order valence-electron chi connectivity index (χ4n) is 1.53. The number of benzene rings is 2. The number of carbonyl (C=O) groups excluding carboxylic acids is 1. The summed E-state index contributed by atoms with van der Waals surface area (Å²) < 4.78 is 26.4. The maximum atomic E-state index is 13.4. The van der Waals surface area contributed by atoms with E-state index in [1.165, 1.54) is 30.3 Å². The zero-order valence-electron chi connectivity index (χ0n) is 9.65. The van der Waals surface area contributed by atoms with Crippen LogP contribution >= 0.6 is 0 Å². The normalized spacial score (nSPS) is 10.2. The van der Waals surface area contributed by atoms with Crippen LogP contribution in [0.2, 0.25) is 0 Å². The average Bonchev–Trinajstić information content (AvgIpc) is 2.38. The average molecular weight is 264 g/mol. The lowest BCUT2D eigenvalue weighted by Gasteiger charge is -2.09. The second-order valence-corrected chi connectivity index (χ2v) is 3.80. The molecule has 98 valence electrons. The molecule has 4 nitrogen and oxygen atoms in total. The van der Waals surface area contributed by atoms with E-state index in [2.05, 4.69) is 5.32 Å². The minimum atomic E-state index is -1.17. The van der Waals surface area contributed by atoms with Gasteiger partial charge in [0.1, 0.15) is 0 Å². The first-order valence-electron chi connectivity index (χ1n) is 5.33. The summed E-state index contributed by atoms with van der Waals surface area (Å²) in [7, 11) is 0. The molecule has 2 aromatic carbocycles. The standard InChI is InChI=1S/C13H10F2N2O2/c14-8-4-2-6-10(11(8)15)17-13(19)7-3-1-5-9(16)12(7)18/h1-6,18H,16H2,(H,17,19). The van der Waals surface area contributed by atoms with Gasteiger partial charge in [0.05, 0.1) is 16.9 Å². The number of carbonyl (C=O) groups is 1. The third kappa shape index (κ3) is 2.47. The van der Waals surface area contributed by atoms with Crippen molar-refractivity contribution >= 4 is 17.3 Å². The van der Waals surface area contributed by atoms with Gasteiger partial charge in [0.25, 0.3) is 5.91 Å². The Morgan fingerprint density at radius 1 is 1.16 bits per heavy atom. The van der Waals surface area contributed by atoms with Gasteiger partial charge in [-0.3, -0.25) is 4.79 Å². The molecule has 1 amide bonds. The highest BCUT2D eigenvalue weighted by atomic mass is 19.2. The summed E-state index contributed by atoms with van der Waals surface area (Å²) in [5, 5.41) is 11.8. The predicted molar refractivity (Wildman–Crippen MR) is 66.8 cm³/mol. The van der Waals surface area contributed by atoms with Crippen LogP contribution in [0.3, 0.4) is 0 Å². The molecule has 4 N–H and O–H groups in total. The number of rotatable bonds is 2. The van der Waals surface area contributed by atoms with Gasteiger partial charge >= 0.3 is 0 Å². The van der Waals surface area contributed by atoms with Gasteiger partial charge in [0.2, 0.25) is 0 Å². The fourth-order valence-corrected chi connectivity index (χ4v) is 1.53. The van der Waals surface area contributed by atoms with E-state index in [0.717, 1.165) is 6.07 Å². The second-order valence-electron chi connectivity index (χ2n) is 3.80. The van der Waals surface area contributed by atoms with E-state index in [1.807, 2.05) is 0 Å². The van der Waals surface area contributed by atoms with E-state index in [9.17, 15) is 18.7 Å². The third-order valence-electron chi connectivity index (χ3n) is 2.51. The number of halogens is 2. The van der Waals surface area contributed by atoms with Crippen molar-refractivity contribution < 1.29 is 18.7 Å². The lowest BCUT2D eigenvalue weighted by atomic mass is 10.1. The summed E-state index contributed by atoms with van der Waals surface area (Å²) in [6.07, 6.45) is 0. The quantitative estimate of drug-likeness (QED) is 0.576. The van der Waals surface area contributed by atoms with Gasteiger partial charge < -0.3 is 16.2 Å². The zero-order valence-corrected chi connectivity index (χ0v) is 9.65. The zero-order chi connectivity index (χ0) is 14.0. The molecule has 0 radical (unpaired) electrons. The summed E-state index contributed by atoms with van der Waals surface area (Å²) in [6.45, 7) is 0. The number of nitrogen functional groups attached to an aromatic ring is 1. The van der Waals surface area contributed by atoms with Crippen LogP contribution in [0.1, 0.15) is 10.4 Å². The van der Waals surface area contributed by atoms with Crippen LogP contribution in [0.5, 0.6) is 5.75 Å². The maximum absolute atomic E-state index is 13.4. The lowest BCUT2D eigenvalue weighted by molar-refractivity contribution is 0.102. The van der Waals surface area contributed by atoms with E-state index in [0.29, 0.717) is 0 Å². The van der Waals surface area contributed by atoms with Crippen LogP contribution in [0, 0.1) is 11.6 Å². The largest absolute Gasteiger partial charge is 0.505 e. The van der Waals surface area contributed by atoms with E-state index in [1.54, 1.807) is 0 Å². The number of phenols is 1. The number of anilines is 2. The molecule has 0 heterocycles. The Balaban J connectivity index is 2.31. The molecule has 0 saturated heterocycles. The monoisotopic (exact) mass is 264 g/mol. The van der Waals surface area contributed by atoms with Gasteiger partial charge in [0.15, 0.2) is 17.4 Å². The highest BCUT2D eigenvalue weighted by Gasteiger charge is 2.16. The van der Waals surface area contributed by atoms with Crippen molar-refractivity contribution in [3.05, 3.63) is 53.6 Å². The SMILES string of the molecule is Nc1cccc(C(=O)Nc2cccc(F)c2F)c1O. The van der Waals surface area contributed by atoms with Crippen molar-refractivity contribution in [2.75, 3.05) is 11.1 Å². The molecule has 0 aromatic heterocycles. The molecule has 0 fully saturated rings. The molecule has 19 heavy (non-hydrogen) atoms. The minimum absolute atomic E-state index is 0.0207. The Morgan fingerprint density at radius 3 is 2.58 bits per heavy atom. The van der Waals surface area contributed by atoms with Crippen LogP contribution in [-0.2, 0) is 0 Å². The number of nitrogens with two attached hydrogens (primary N) is 1. The number of phenolic OH excluding ortho intramolecular Hbond substituents is 1. The molecule has 0 aliphatic rings. The van der Waals surface area contributed by atoms with Crippen LogP contribution in [0.15, 0.2) is 36.4 Å². The molecule has 0 spiro atoms. The van der Waals surface area contributed by atoms with E-state index in [4.69, 9.17) is 5.73 Å². The number of para-hydroxylation sites is 1.